The Hall–Kier alpha value is -1.48. The van der Waals surface area contributed by atoms with Crippen LogP contribution in [-0.2, 0) is 19.1 Å². The molecule has 6 nitrogen and oxygen atoms in total. The zero-order valence-corrected chi connectivity index (χ0v) is 18.7. The fourth-order valence-electron chi connectivity index (χ4n) is 4.68. The molecule has 3 aliphatic rings. The molecule has 0 spiro atoms. The third kappa shape index (κ3) is 4.50. The Morgan fingerprint density at radius 3 is 2.45 bits per heavy atom. The first kappa shape index (κ1) is 20.8. The van der Waals surface area contributed by atoms with Crippen molar-refractivity contribution < 1.29 is 19.1 Å². The van der Waals surface area contributed by atoms with Gasteiger partial charge in [-0.05, 0) is 72.5 Å². The van der Waals surface area contributed by atoms with E-state index < -0.39 is 6.04 Å². The minimum Gasteiger partial charge on any atom is -0.376 e. The van der Waals surface area contributed by atoms with Crippen molar-refractivity contribution in [2.45, 2.75) is 63.5 Å². The number of imide groups is 1. The SMILES string of the molecule is O=C1CC(N(CC2CCCO2)C(=O)C2CCCCC2)C(=O)N1c1ccc(I)cc1. The first-order valence-electron chi connectivity index (χ1n) is 10.6. The van der Waals surface area contributed by atoms with Crippen LogP contribution in [-0.4, -0.2) is 47.9 Å². The average Bonchev–Trinajstić information content (AvgIpc) is 3.35. The lowest BCUT2D eigenvalue weighted by atomic mass is 9.87. The van der Waals surface area contributed by atoms with E-state index in [1.165, 1.54) is 4.90 Å². The summed E-state index contributed by atoms with van der Waals surface area (Å²) in [5.74, 6) is -0.551. The molecular formula is C22H27IN2O4. The lowest BCUT2D eigenvalue weighted by Crippen LogP contribution is -2.50. The van der Waals surface area contributed by atoms with Gasteiger partial charge in [0.05, 0.1) is 18.2 Å². The van der Waals surface area contributed by atoms with E-state index >= 15 is 0 Å². The molecule has 0 aromatic heterocycles. The van der Waals surface area contributed by atoms with E-state index in [0.29, 0.717) is 18.8 Å². The van der Waals surface area contributed by atoms with Gasteiger partial charge in [-0.25, -0.2) is 4.90 Å². The lowest BCUT2D eigenvalue weighted by molar-refractivity contribution is -0.144. The van der Waals surface area contributed by atoms with Crippen molar-refractivity contribution in [2.75, 3.05) is 18.1 Å². The average molecular weight is 510 g/mol. The number of benzene rings is 1. The molecule has 7 heteroatoms. The van der Waals surface area contributed by atoms with Gasteiger partial charge in [0.1, 0.15) is 6.04 Å². The minimum absolute atomic E-state index is 0.0239. The van der Waals surface area contributed by atoms with Crippen molar-refractivity contribution in [2.24, 2.45) is 5.92 Å². The molecule has 1 aromatic rings. The van der Waals surface area contributed by atoms with Gasteiger partial charge < -0.3 is 9.64 Å². The normalized spacial score (nSPS) is 25.6. The topological polar surface area (TPSA) is 66.9 Å². The van der Waals surface area contributed by atoms with Crippen molar-refractivity contribution >= 4 is 46.0 Å². The first-order valence-corrected chi connectivity index (χ1v) is 11.7. The van der Waals surface area contributed by atoms with Gasteiger partial charge in [0, 0.05) is 22.6 Å². The van der Waals surface area contributed by atoms with E-state index in [9.17, 15) is 14.4 Å². The third-order valence-electron chi connectivity index (χ3n) is 6.25. The van der Waals surface area contributed by atoms with Crippen LogP contribution in [0.1, 0.15) is 51.4 Å². The van der Waals surface area contributed by atoms with Gasteiger partial charge in [0.2, 0.25) is 11.8 Å². The highest BCUT2D eigenvalue weighted by Gasteiger charge is 2.46. The van der Waals surface area contributed by atoms with Crippen molar-refractivity contribution in [3.8, 4) is 0 Å². The van der Waals surface area contributed by atoms with Crippen LogP contribution in [0.25, 0.3) is 0 Å². The summed E-state index contributed by atoms with van der Waals surface area (Å²) in [6.07, 6.45) is 6.89. The molecule has 2 saturated heterocycles. The zero-order valence-electron chi connectivity index (χ0n) is 16.5. The Bertz CT molecular complexity index is 770. The summed E-state index contributed by atoms with van der Waals surface area (Å²) in [7, 11) is 0. The van der Waals surface area contributed by atoms with Crippen molar-refractivity contribution in [3.63, 3.8) is 0 Å². The fraction of sp³-hybridized carbons (Fsp3) is 0.591. The molecule has 1 aliphatic carbocycles. The summed E-state index contributed by atoms with van der Waals surface area (Å²) in [5, 5.41) is 0. The second kappa shape index (κ2) is 9.12. The molecule has 2 atom stereocenters. The highest BCUT2D eigenvalue weighted by molar-refractivity contribution is 14.1. The Balaban J connectivity index is 1.57. The highest BCUT2D eigenvalue weighted by Crippen LogP contribution is 2.31. The second-order valence-electron chi connectivity index (χ2n) is 8.22. The predicted molar refractivity (Wildman–Crippen MR) is 117 cm³/mol. The molecule has 3 amide bonds. The fourth-order valence-corrected chi connectivity index (χ4v) is 5.04. The summed E-state index contributed by atoms with van der Waals surface area (Å²) in [5.41, 5.74) is 0.574. The van der Waals surface area contributed by atoms with Crippen LogP contribution in [0.3, 0.4) is 0 Å². The van der Waals surface area contributed by atoms with Gasteiger partial charge in [-0.1, -0.05) is 19.3 Å². The number of carbonyl (C=O) groups excluding carboxylic acids is 3. The van der Waals surface area contributed by atoms with E-state index in [1.807, 2.05) is 12.1 Å². The standard InChI is InChI=1S/C22H27IN2O4/c23-16-8-10-17(11-9-16)25-20(26)13-19(22(25)28)24(14-18-7-4-12-29-18)21(27)15-5-2-1-3-6-15/h8-11,15,18-19H,1-7,12-14H2. The van der Waals surface area contributed by atoms with Gasteiger partial charge in [-0.15, -0.1) is 0 Å². The lowest BCUT2D eigenvalue weighted by Gasteiger charge is -2.34. The molecule has 2 heterocycles. The van der Waals surface area contributed by atoms with Gasteiger partial charge in [-0.3, -0.25) is 14.4 Å². The maximum atomic E-state index is 13.4. The van der Waals surface area contributed by atoms with Crippen LogP contribution in [0.4, 0.5) is 5.69 Å². The van der Waals surface area contributed by atoms with E-state index in [4.69, 9.17) is 4.74 Å². The van der Waals surface area contributed by atoms with Crippen LogP contribution >= 0.6 is 22.6 Å². The number of carbonyl (C=O) groups is 3. The van der Waals surface area contributed by atoms with Crippen LogP contribution in [0, 0.1) is 9.49 Å². The summed E-state index contributed by atoms with van der Waals surface area (Å²) < 4.78 is 6.80. The Morgan fingerprint density at radius 1 is 1.07 bits per heavy atom. The molecule has 3 fully saturated rings. The zero-order chi connectivity index (χ0) is 20.4. The number of amides is 3. The maximum Gasteiger partial charge on any atom is 0.257 e. The number of anilines is 1. The monoisotopic (exact) mass is 510 g/mol. The largest absolute Gasteiger partial charge is 0.376 e. The number of hydrogen-bond donors (Lipinski definition) is 0. The van der Waals surface area contributed by atoms with Crippen molar-refractivity contribution in [3.05, 3.63) is 27.8 Å². The predicted octanol–water partition coefficient (Wildman–Crippen LogP) is 3.51. The van der Waals surface area contributed by atoms with E-state index in [0.717, 1.165) is 48.5 Å². The number of hydrogen-bond acceptors (Lipinski definition) is 4. The minimum atomic E-state index is -0.722. The van der Waals surface area contributed by atoms with Crippen LogP contribution < -0.4 is 4.90 Å². The molecule has 29 heavy (non-hydrogen) atoms. The third-order valence-corrected chi connectivity index (χ3v) is 6.96. The Kier molecular flexibility index (Phi) is 6.53. The quantitative estimate of drug-likeness (QED) is 0.450. The first-order chi connectivity index (χ1) is 14.0. The van der Waals surface area contributed by atoms with Gasteiger partial charge in [0.15, 0.2) is 0 Å². The number of nitrogens with zero attached hydrogens (tertiary/aromatic N) is 2. The number of halogens is 1. The summed E-state index contributed by atoms with van der Waals surface area (Å²) >= 11 is 2.19. The second-order valence-corrected chi connectivity index (χ2v) is 9.47. The van der Waals surface area contributed by atoms with Crippen molar-refractivity contribution in [1.29, 1.82) is 0 Å². The number of ether oxygens (including phenoxy) is 1. The maximum absolute atomic E-state index is 13.4. The molecule has 156 valence electrons. The van der Waals surface area contributed by atoms with E-state index in [1.54, 1.807) is 17.0 Å². The molecule has 2 unspecified atom stereocenters. The summed E-state index contributed by atoms with van der Waals surface area (Å²) in [6.45, 7) is 1.10. The molecule has 0 radical (unpaired) electrons. The molecule has 4 rings (SSSR count). The summed E-state index contributed by atoms with van der Waals surface area (Å²) in [6, 6.07) is 6.60. The van der Waals surface area contributed by atoms with Crippen LogP contribution in [0.2, 0.25) is 0 Å². The molecule has 1 saturated carbocycles. The van der Waals surface area contributed by atoms with Gasteiger partial charge in [-0.2, -0.15) is 0 Å². The molecular weight excluding hydrogens is 483 g/mol. The molecule has 1 aromatic carbocycles. The van der Waals surface area contributed by atoms with Gasteiger partial charge in [0.25, 0.3) is 5.91 Å². The van der Waals surface area contributed by atoms with E-state index in [-0.39, 0.29) is 36.2 Å². The van der Waals surface area contributed by atoms with Gasteiger partial charge >= 0.3 is 0 Å². The Labute approximate surface area is 185 Å². The van der Waals surface area contributed by atoms with Crippen molar-refractivity contribution in [1.82, 2.24) is 4.90 Å². The van der Waals surface area contributed by atoms with Crippen LogP contribution in [0.5, 0.6) is 0 Å². The summed E-state index contributed by atoms with van der Waals surface area (Å²) in [4.78, 5) is 42.4. The highest BCUT2D eigenvalue weighted by atomic mass is 127. The number of rotatable bonds is 5. The van der Waals surface area contributed by atoms with E-state index in [2.05, 4.69) is 22.6 Å². The molecule has 0 N–H and O–H groups in total. The van der Waals surface area contributed by atoms with Crippen LogP contribution in [0.15, 0.2) is 24.3 Å². The molecule has 2 aliphatic heterocycles. The molecule has 0 bridgehead atoms. The Morgan fingerprint density at radius 2 is 1.79 bits per heavy atom. The smallest absolute Gasteiger partial charge is 0.257 e.